The van der Waals surface area contributed by atoms with Crippen molar-refractivity contribution in [1.82, 2.24) is 14.9 Å². The van der Waals surface area contributed by atoms with Crippen molar-refractivity contribution < 1.29 is 9.72 Å². The van der Waals surface area contributed by atoms with Crippen molar-refractivity contribution in [3.05, 3.63) is 73.0 Å². The number of halogens is 2. The second-order valence-electron chi connectivity index (χ2n) is 6.17. The number of nitrogens with zero attached hydrogens (tertiary/aromatic N) is 4. The highest BCUT2D eigenvalue weighted by Gasteiger charge is 2.32. The van der Waals surface area contributed by atoms with Gasteiger partial charge < -0.3 is 15.0 Å². The molecule has 0 spiro atoms. The third-order valence-corrected chi connectivity index (χ3v) is 7.49. The highest BCUT2D eigenvalue weighted by Crippen LogP contribution is 2.44. The molecule has 0 saturated heterocycles. The van der Waals surface area contributed by atoms with Gasteiger partial charge in [-0.3, -0.25) is 9.78 Å². The Hall–Kier alpha value is -2.20. The molecule has 1 amide bonds. The van der Waals surface area contributed by atoms with E-state index in [0.717, 1.165) is 35.1 Å². The molecule has 0 unspecified atom stereocenters. The molecule has 1 aromatic carbocycles. The quantitative estimate of drug-likeness (QED) is 0.392. The average Bonchev–Trinajstić information content (AvgIpc) is 3.14. The van der Waals surface area contributed by atoms with E-state index in [9.17, 15) is 14.9 Å². The van der Waals surface area contributed by atoms with Gasteiger partial charge in [0.1, 0.15) is 0 Å². The summed E-state index contributed by atoms with van der Waals surface area (Å²) in [7, 11) is 0. The third kappa shape index (κ3) is 4.09. The Morgan fingerprint density at radius 3 is 2.59 bits per heavy atom. The summed E-state index contributed by atoms with van der Waals surface area (Å²) in [4.78, 5) is 33.8. The standard InChI is InChI=1S/C18H12Cl2N4O3S2/c19-12-7-21-8-13(20)14(12)28-18-15(24(26)27)22-16(29-18)17(25)23-6-5-10-3-1-2-4-11(10)9-23/h1-4,7-8H,5-6,9H2. The number of fused-ring (bicyclic) bond motifs is 1. The van der Waals surface area contributed by atoms with Gasteiger partial charge in [0.05, 0.1) is 14.9 Å². The summed E-state index contributed by atoms with van der Waals surface area (Å²) in [6, 6.07) is 7.92. The van der Waals surface area contributed by atoms with E-state index in [4.69, 9.17) is 23.2 Å². The first kappa shape index (κ1) is 20.1. The zero-order valence-corrected chi connectivity index (χ0v) is 17.8. The molecule has 0 atom stereocenters. The molecule has 0 bridgehead atoms. The molecule has 0 radical (unpaired) electrons. The second kappa shape index (κ2) is 8.27. The van der Waals surface area contributed by atoms with E-state index in [0.29, 0.717) is 18.0 Å². The number of thiazole rings is 1. The van der Waals surface area contributed by atoms with E-state index in [1.54, 1.807) is 4.90 Å². The minimum atomic E-state index is -0.607. The van der Waals surface area contributed by atoms with Crippen LogP contribution in [0.4, 0.5) is 5.82 Å². The number of rotatable bonds is 4. The summed E-state index contributed by atoms with van der Waals surface area (Å²) >= 11 is 14.2. The van der Waals surface area contributed by atoms with Crippen molar-refractivity contribution in [2.75, 3.05) is 6.54 Å². The lowest BCUT2D eigenvalue weighted by Gasteiger charge is -2.27. The van der Waals surface area contributed by atoms with Gasteiger partial charge in [-0.15, -0.1) is 0 Å². The molecular formula is C18H12Cl2N4O3S2. The van der Waals surface area contributed by atoms with E-state index in [1.165, 1.54) is 18.0 Å². The monoisotopic (exact) mass is 466 g/mol. The van der Waals surface area contributed by atoms with Gasteiger partial charge >= 0.3 is 11.7 Å². The number of carbonyl (C=O) groups excluding carboxylic acids is 1. The molecule has 2 aromatic heterocycles. The average molecular weight is 467 g/mol. The van der Waals surface area contributed by atoms with Crippen molar-refractivity contribution in [1.29, 1.82) is 0 Å². The molecule has 3 heterocycles. The number of nitro groups is 1. The Kier molecular flexibility index (Phi) is 5.73. The number of hydrogen-bond donors (Lipinski definition) is 0. The van der Waals surface area contributed by atoms with Crippen LogP contribution in [0.3, 0.4) is 0 Å². The van der Waals surface area contributed by atoms with Crippen molar-refractivity contribution in [2.45, 2.75) is 22.1 Å². The van der Waals surface area contributed by atoms with Gasteiger partial charge in [-0.1, -0.05) is 70.6 Å². The van der Waals surface area contributed by atoms with Crippen LogP contribution in [0.25, 0.3) is 0 Å². The lowest BCUT2D eigenvalue weighted by Crippen LogP contribution is -2.35. The molecule has 1 aliphatic rings. The van der Waals surface area contributed by atoms with Gasteiger partial charge in [0.25, 0.3) is 5.01 Å². The molecule has 0 fully saturated rings. The van der Waals surface area contributed by atoms with Crippen molar-refractivity contribution in [2.24, 2.45) is 0 Å². The molecular weight excluding hydrogens is 455 g/mol. The predicted molar refractivity (Wildman–Crippen MR) is 112 cm³/mol. The van der Waals surface area contributed by atoms with Crippen molar-refractivity contribution >= 4 is 58.0 Å². The smallest absolute Gasteiger partial charge is 0.358 e. The molecule has 1 aliphatic heterocycles. The summed E-state index contributed by atoms with van der Waals surface area (Å²) in [6.07, 6.45) is 3.54. The highest BCUT2D eigenvalue weighted by atomic mass is 35.5. The molecule has 148 valence electrons. The number of benzene rings is 1. The van der Waals surface area contributed by atoms with E-state index in [1.807, 2.05) is 24.3 Å². The van der Waals surface area contributed by atoms with Crippen LogP contribution in [-0.2, 0) is 13.0 Å². The maximum absolute atomic E-state index is 13.0. The Balaban J connectivity index is 1.63. The van der Waals surface area contributed by atoms with Crippen LogP contribution in [0.5, 0.6) is 0 Å². The molecule has 7 nitrogen and oxygen atoms in total. The molecule has 0 N–H and O–H groups in total. The van der Waals surface area contributed by atoms with Crippen LogP contribution in [-0.4, -0.2) is 32.2 Å². The summed E-state index contributed by atoms with van der Waals surface area (Å²) in [5.74, 6) is -0.712. The number of amides is 1. The summed E-state index contributed by atoms with van der Waals surface area (Å²) in [6.45, 7) is 0.987. The van der Waals surface area contributed by atoms with Crippen LogP contribution in [0.2, 0.25) is 10.0 Å². The van der Waals surface area contributed by atoms with Gasteiger partial charge in [0.2, 0.25) is 0 Å². The Morgan fingerprint density at radius 2 is 1.90 bits per heavy atom. The van der Waals surface area contributed by atoms with Crippen LogP contribution in [0, 0.1) is 10.1 Å². The molecule has 4 rings (SSSR count). The first-order chi connectivity index (χ1) is 13.9. The zero-order chi connectivity index (χ0) is 20.5. The van der Waals surface area contributed by atoms with Crippen molar-refractivity contribution in [3.8, 4) is 0 Å². The summed E-state index contributed by atoms with van der Waals surface area (Å²) in [5.41, 5.74) is 2.28. The molecule has 0 saturated carbocycles. The topological polar surface area (TPSA) is 89.2 Å². The van der Waals surface area contributed by atoms with Gasteiger partial charge in [-0.25, -0.2) is 0 Å². The number of hydrogen-bond acceptors (Lipinski definition) is 7. The molecule has 3 aromatic rings. The fourth-order valence-corrected chi connectivity index (χ4v) is 5.65. The van der Waals surface area contributed by atoms with Crippen LogP contribution in [0.1, 0.15) is 20.9 Å². The molecule has 11 heteroatoms. The Labute approximate surface area is 183 Å². The highest BCUT2D eigenvalue weighted by molar-refractivity contribution is 8.01. The summed E-state index contributed by atoms with van der Waals surface area (Å²) in [5, 5.41) is 12.1. The maximum atomic E-state index is 13.0. The van der Waals surface area contributed by atoms with Crippen LogP contribution in [0.15, 0.2) is 45.8 Å². The van der Waals surface area contributed by atoms with Gasteiger partial charge in [-0.2, -0.15) is 0 Å². The van der Waals surface area contributed by atoms with Crippen molar-refractivity contribution in [3.63, 3.8) is 0 Å². The minimum absolute atomic E-state index is 0.0693. The lowest BCUT2D eigenvalue weighted by molar-refractivity contribution is -0.391. The fraction of sp³-hybridized carbons (Fsp3) is 0.167. The predicted octanol–water partition coefficient (Wildman–Crippen LogP) is 5.10. The van der Waals surface area contributed by atoms with E-state index in [2.05, 4.69) is 9.97 Å². The number of pyridine rings is 1. The fourth-order valence-electron chi connectivity index (χ4n) is 2.97. The molecule has 29 heavy (non-hydrogen) atoms. The second-order valence-corrected chi connectivity index (χ2v) is 9.26. The first-order valence-electron chi connectivity index (χ1n) is 8.42. The third-order valence-electron chi connectivity index (χ3n) is 4.36. The molecule has 0 aliphatic carbocycles. The minimum Gasteiger partial charge on any atom is -0.358 e. The lowest BCUT2D eigenvalue weighted by atomic mass is 10.00. The number of carbonyl (C=O) groups is 1. The van der Waals surface area contributed by atoms with E-state index < -0.39 is 4.92 Å². The Morgan fingerprint density at radius 1 is 1.21 bits per heavy atom. The maximum Gasteiger partial charge on any atom is 0.389 e. The van der Waals surface area contributed by atoms with E-state index in [-0.39, 0.29) is 31.0 Å². The first-order valence-corrected chi connectivity index (χ1v) is 10.8. The van der Waals surface area contributed by atoms with Crippen LogP contribution >= 0.6 is 46.3 Å². The van der Waals surface area contributed by atoms with Gasteiger partial charge in [0, 0.05) is 25.5 Å². The van der Waals surface area contributed by atoms with Crippen LogP contribution < -0.4 is 0 Å². The van der Waals surface area contributed by atoms with Gasteiger partial charge in [0.15, 0.2) is 4.21 Å². The van der Waals surface area contributed by atoms with Gasteiger partial charge in [-0.05, 0) is 27.5 Å². The summed E-state index contributed by atoms with van der Waals surface area (Å²) < 4.78 is 0.241. The number of aromatic nitrogens is 2. The SMILES string of the molecule is O=C(c1nc([N+](=O)[O-])c(Sc2c(Cl)cncc2Cl)s1)N1CCc2ccccc2C1. The normalized spacial score (nSPS) is 13.2. The van der Waals surface area contributed by atoms with E-state index >= 15 is 0 Å². The largest absolute Gasteiger partial charge is 0.389 e. The Bertz CT molecular complexity index is 1100. The zero-order valence-electron chi connectivity index (χ0n) is 14.7.